The zero-order valence-electron chi connectivity index (χ0n) is 17.6. The molecule has 0 bridgehead atoms. The van der Waals surface area contributed by atoms with E-state index in [1.165, 1.54) is 18.3 Å². The van der Waals surface area contributed by atoms with Crippen LogP contribution >= 0.6 is 11.6 Å². The molecule has 2 heterocycles. The van der Waals surface area contributed by atoms with E-state index < -0.39 is 10.0 Å². The number of nitrogens with one attached hydrogen (secondary N) is 2. The van der Waals surface area contributed by atoms with Crippen molar-refractivity contribution in [2.24, 2.45) is 5.14 Å². The van der Waals surface area contributed by atoms with E-state index in [9.17, 15) is 13.2 Å². The number of ether oxygens (including phenoxy) is 1. The van der Waals surface area contributed by atoms with Gasteiger partial charge in [0.25, 0.3) is 5.91 Å². The lowest BCUT2D eigenvalue weighted by Gasteiger charge is -2.29. The van der Waals surface area contributed by atoms with Crippen LogP contribution in [0.15, 0.2) is 53.6 Å². The number of rotatable bonds is 7. The summed E-state index contributed by atoms with van der Waals surface area (Å²) in [4.78, 5) is 22.4. The summed E-state index contributed by atoms with van der Waals surface area (Å²) in [6.07, 6.45) is 2.22. The van der Waals surface area contributed by atoms with Crippen LogP contribution in [-0.2, 0) is 14.8 Å². The van der Waals surface area contributed by atoms with Gasteiger partial charge in [0.05, 0.1) is 16.8 Å². The fourth-order valence-electron chi connectivity index (χ4n) is 3.28. The molecule has 0 atom stereocenters. The molecular formula is C21H21ClN6O4S. The van der Waals surface area contributed by atoms with Gasteiger partial charge in [-0.25, -0.2) is 18.5 Å². The number of nitrogens with two attached hydrogens (primary N) is 1. The Morgan fingerprint density at radius 2 is 1.97 bits per heavy atom. The molecule has 10 nitrogen and oxygen atoms in total. The minimum atomic E-state index is -3.85. The first-order chi connectivity index (χ1) is 15.7. The second-order valence-corrected chi connectivity index (χ2v) is 9.20. The highest BCUT2D eigenvalue weighted by Gasteiger charge is 2.25. The average molecular weight is 489 g/mol. The van der Waals surface area contributed by atoms with Gasteiger partial charge in [-0.1, -0.05) is 24.6 Å². The van der Waals surface area contributed by atoms with Crippen molar-refractivity contribution in [1.82, 2.24) is 9.97 Å². The van der Waals surface area contributed by atoms with Crippen molar-refractivity contribution in [1.29, 1.82) is 0 Å². The molecule has 172 valence electrons. The fraction of sp³-hybridized carbons (Fsp3) is 0.190. The van der Waals surface area contributed by atoms with Crippen molar-refractivity contribution in [3.63, 3.8) is 0 Å². The number of carbonyl (C=O) groups excluding carboxylic acids is 1. The molecule has 0 spiro atoms. The maximum atomic E-state index is 12.3. The lowest BCUT2D eigenvalue weighted by Crippen LogP contribution is -2.39. The van der Waals surface area contributed by atoms with Crippen molar-refractivity contribution in [3.8, 4) is 5.75 Å². The van der Waals surface area contributed by atoms with Gasteiger partial charge < -0.3 is 20.3 Å². The van der Waals surface area contributed by atoms with Crippen LogP contribution < -0.4 is 25.4 Å². The summed E-state index contributed by atoms with van der Waals surface area (Å²) in [5.41, 5.74) is 1.76. The Labute approximate surface area is 195 Å². The van der Waals surface area contributed by atoms with Gasteiger partial charge in [0, 0.05) is 17.9 Å². The lowest BCUT2D eigenvalue weighted by atomic mass is 10.2. The maximum Gasteiger partial charge on any atom is 0.265 e. The molecule has 2 aromatic carbocycles. The smallest absolute Gasteiger partial charge is 0.265 e. The number of primary sulfonamides is 1. The Morgan fingerprint density at radius 3 is 2.73 bits per heavy atom. The summed E-state index contributed by atoms with van der Waals surface area (Å²) >= 11 is 6.28. The summed E-state index contributed by atoms with van der Waals surface area (Å²) in [5.74, 6) is 1.04. The van der Waals surface area contributed by atoms with E-state index in [2.05, 4.69) is 20.6 Å². The number of hydrogen-bond acceptors (Lipinski definition) is 8. The first-order valence-corrected chi connectivity index (χ1v) is 11.9. The van der Waals surface area contributed by atoms with Crippen LogP contribution in [0, 0.1) is 0 Å². The van der Waals surface area contributed by atoms with Gasteiger partial charge in [0.2, 0.25) is 16.0 Å². The Balaban J connectivity index is 1.59. The molecule has 0 saturated heterocycles. The monoisotopic (exact) mass is 488 g/mol. The summed E-state index contributed by atoms with van der Waals surface area (Å²) in [6.45, 7) is 2.59. The minimum absolute atomic E-state index is 0.0131. The van der Waals surface area contributed by atoms with Crippen LogP contribution in [0.25, 0.3) is 0 Å². The second kappa shape index (κ2) is 9.22. The molecule has 1 aliphatic heterocycles. The number of benzene rings is 2. The number of amides is 1. The van der Waals surface area contributed by atoms with E-state index in [0.29, 0.717) is 35.2 Å². The van der Waals surface area contributed by atoms with Crippen LogP contribution in [0.5, 0.6) is 5.75 Å². The number of sulfonamides is 1. The number of hydrogen-bond donors (Lipinski definition) is 3. The van der Waals surface area contributed by atoms with Crippen LogP contribution in [-0.4, -0.2) is 37.4 Å². The highest BCUT2D eigenvalue weighted by Crippen LogP contribution is 2.36. The number of fused-ring (bicyclic) bond motifs is 1. The Hall–Kier alpha value is -3.41. The second-order valence-electron chi connectivity index (χ2n) is 7.23. The van der Waals surface area contributed by atoms with Gasteiger partial charge in [-0.2, -0.15) is 4.98 Å². The molecule has 12 heteroatoms. The van der Waals surface area contributed by atoms with Crippen LogP contribution in [0.4, 0.5) is 28.8 Å². The number of nitrogens with zero attached hydrogens (tertiary/aromatic N) is 3. The van der Waals surface area contributed by atoms with Gasteiger partial charge in [0.1, 0.15) is 10.8 Å². The quantitative estimate of drug-likeness (QED) is 0.459. The molecular weight excluding hydrogens is 468 g/mol. The molecule has 4 rings (SSSR count). The van der Waals surface area contributed by atoms with Crippen LogP contribution in [0.2, 0.25) is 5.02 Å². The van der Waals surface area contributed by atoms with E-state index >= 15 is 0 Å². The van der Waals surface area contributed by atoms with Gasteiger partial charge in [-0.3, -0.25) is 4.79 Å². The van der Waals surface area contributed by atoms with Gasteiger partial charge in [-0.05, 0) is 42.8 Å². The van der Waals surface area contributed by atoms with Crippen LogP contribution in [0.3, 0.4) is 0 Å². The number of halogens is 1. The third-order valence-corrected chi connectivity index (χ3v) is 5.96. The zero-order valence-corrected chi connectivity index (χ0v) is 19.2. The zero-order chi connectivity index (χ0) is 23.6. The van der Waals surface area contributed by atoms with E-state index in [1.807, 2.05) is 6.92 Å². The Kier molecular flexibility index (Phi) is 6.36. The standard InChI is InChI=1S/C21H21ClN6O4S/c1-2-8-28-17-10-14(6-7-18(17)32-12-19(28)29)25-20-16(22)11-24-21(27-20)26-13-4-3-5-15(9-13)33(23,30)31/h3-7,9-11H,2,8,12H2,1H3,(H2,23,30,31)(H2,24,25,26,27). The van der Waals surface area contributed by atoms with Crippen molar-refractivity contribution in [2.75, 3.05) is 28.7 Å². The van der Waals surface area contributed by atoms with E-state index in [-0.39, 0.29) is 28.4 Å². The predicted molar refractivity (Wildman–Crippen MR) is 126 cm³/mol. The normalized spacial score (nSPS) is 13.3. The molecule has 0 aliphatic carbocycles. The summed E-state index contributed by atoms with van der Waals surface area (Å²) < 4.78 is 28.7. The van der Waals surface area contributed by atoms with Gasteiger partial charge >= 0.3 is 0 Å². The highest BCUT2D eigenvalue weighted by molar-refractivity contribution is 7.89. The molecule has 0 saturated carbocycles. The summed E-state index contributed by atoms with van der Waals surface area (Å²) in [5, 5.41) is 11.5. The first-order valence-electron chi connectivity index (χ1n) is 10.0. The average Bonchev–Trinajstić information content (AvgIpc) is 2.78. The third kappa shape index (κ3) is 5.16. The van der Waals surface area contributed by atoms with Crippen LogP contribution in [0.1, 0.15) is 13.3 Å². The SMILES string of the molecule is CCCN1C(=O)COc2ccc(Nc3nc(Nc4cccc(S(N)(=O)=O)c4)ncc3Cl)cc21. The largest absolute Gasteiger partial charge is 0.482 e. The first kappa shape index (κ1) is 22.8. The maximum absolute atomic E-state index is 12.3. The fourth-order valence-corrected chi connectivity index (χ4v) is 3.98. The molecule has 4 N–H and O–H groups in total. The van der Waals surface area contributed by atoms with E-state index in [4.69, 9.17) is 21.5 Å². The molecule has 1 amide bonds. The van der Waals surface area contributed by atoms with Gasteiger partial charge in [0.15, 0.2) is 12.4 Å². The number of carbonyl (C=O) groups is 1. The predicted octanol–water partition coefficient (Wildman–Crippen LogP) is 3.40. The topological polar surface area (TPSA) is 140 Å². The van der Waals surface area contributed by atoms with Crippen molar-refractivity contribution < 1.29 is 17.9 Å². The number of anilines is 5. The minimum Gasteiger partial charge on any atom is -0.482 e. The van der Waals surface area contributed by atoms with E-state index in [0.717, 1.165) is 6.42 Å². The summed E-state index contributed by atoms with van der Waals surface area (Å²) in [7, 11) is -3.85. The molecule has 0 radical (unpaired) electrons. The van der Waals surface area contributed by atoms with Crippen molar-refractivity contribution in [2.45, 2.75) is 18.2 Å². The molecule has 1 aliphatic rings. The molecule has 0 unspecified atom stereocenters. The third-order valence-electron chi connectivity index (χ3n) is 4.77. The molecule has 3 aromatic rings. The molecule has 0 fully saturated rings. The van der Waals surface area contributed by atoms with Crippen molar-refractivity contribution >= 4 is 56.4 Å². The van der Waals surface area contributed by atoms with Gasteiger partial charge in [-0.15, -0.1) is 0 Å². The summed E-state index contributed by atoms with van der Waals surface area (Å²) in [6, 6.07) is 11.3. The van der Waals surface area contributed by atoms with Crippen molar-refractivity contribution in [3.05, 3.63) is 53.7 Å². The lowest BCUT2D eigenvalue weighted by molar-refractivity contribution is -0.121. The van der Waals surface area contributed by atoms with E-state index in [1.54, 1.807) is 35.2 Å². The number of aromatic nitrogens is 2. The molecule has 33 heavy (non-hydrogen) atoms. The highest BCUT2D eigenvalue weighted by atomic mass is 35.5. The molecule has 1 aromatic heterocycles. The Bertz CT molecular complexity index is 1320. The Morgan fingerprint density at radius 1 is 1.18 bits per heavy atom.